The Morgan fingerprint density at radius 2 is 2.18 bits per heavy atom. The van der Waals surface area contributed by atoms with Crippen molar-refractivity contribution in [3.8, 4) is 0 Å². The predicted octanol–water partition coefficient (Wildman–Crippen LogP) is 0.0968. The Morgan fingerprint density at radius 1 is 1.27 bits per heavy atom. The van der Waals surface area contributed by atoms with Crippen LogP contribution in [0, 0.1) is 0 Å². The highest BCUT2D eigenvalue weighted by Crippen LogP contribution is 2.15. The molecule has 2 aliphatic heterocycles. The van der Waals surface area contributed by atoms with Gasteiger partial charge in [0.25, 0.3) is 11.5 Å². The van der Waals surface area contributed by atoms with Gasteiger partial charge in [-0.25, -0.2) is 5.10 Å². The van der Waals surface area contributed by atoms with E-state index >= 15 is 0 Å². The molecule has 0 bridgehead atoms. The van der Waals surface area contributed by atoms with E-state index in [2.05, 4.69) is 15.1 Å². The lowest BCUT2D eigenvalue weighted by molar-refractivity contribution is 0.0701. The molecule has 7 heteroatoms. The van der Waals surface area contributed by atoms with E-state index in [0.717, 1.165) is 52.0 Å². The third-order valence-electron chi connectivity index (χ3n) is 4.26. The van der Waals surface area contributed by atoms with Crippen LogP contribution in [0.4, 0.5) is 0 Å². The van der Waals surface area contributed by atoms with Crippen molar-refractivity contribution < 1.29 is 9.53 Å². The van der Waals surface area contributed by atoms with Crippen molar-refractivity contribution >= 4 is 5.91 Å². The number of H-pyrrole nitrogens is 1. The summed E-state index contributed by atoms with van der Waals surface area (Å²) in [5.41, 5.74) is 0.00216. The van der Waals surface area contributed by atoms with Gasteiger partial charge in [-0.15, -0.1) is 0 Å². The molecule has 0 aromatic carbocycles. The standard InChI is InChI=1S/C15H22N4O3/c20-14-5-4-13(16-17-14)15(21)19-7-2-6-18(8-9-19)11-12-3-1-10-22-12/h4-5,12H,1-3,6-11H2,(H,17,20)/t12-/m1/s1. The Hall–Kier alpha value is -1.73. The van der Waals surface area contributed by atoms with Crippen LogP contribution in [0.15, 0.2) is 16.9 Å². The molecular formula is C15H22N4O3. The van der Waals surface area contributed by atoms with Gasteiger partial charge in [-0.05, 0) is 31.9 Å². The van der Waals surface area contributed by atoms with Crippen molar-refractivity contribution in [2.75, 3.05) is 39.3 Å². The first-order chi connectivity index (χ1) is 10.7. The van der Waals surface area contributed by atoms with Crippen molar-refractivity contribution in [2.24, 2.45) is 0 Å². The Morgan fingerprint density at radius 3 is 2.91 bits per heavy atom. The SMILES string of the molecule is O=C(c1ccc(=O)[nH]n1)N1CCCN(C[C@H]2CCCO2)CC1. The minimum absolute atomic E-state index is 0.116. The van der Waals surface area contributed by atoms with Crippen LogP contribution in [-0.2, 0) is 4.74 Å². The maximum atomic E-state index is 12.4. The molecule has 0 saturated carbocycles. The number of amides is 1. The Bertz CT molecular complexity index is 548. The van der Waals surface area contributed by atoms with Gasteiger partial charge in [0.2, 0.25) is 0 Å². The predicted molar refractivity (Wildman–Crippen MR) is 80.8 cm³/mol. The molecule has 1 aromatic rings. The van der Waals surface area contributed by atoms with Crippen molar-refractivity contribution in [2.45, 2.75) is 25.4 Å². The van der Waals surface area contributed by atoms with Crippen molar-refractivity contribution in [1.29, 1.82) is 0 Å². The van der Waals surface area contributed by atoms with Gasteiger partial charge < -0.3 is 9.64 Å². The van der Waals surface area contributed by atoms with Crippen LogP contribution in [0.25, 0.3) is 0 Å². The molecule has 7 nitrogen and oxygen atoms in total. The number of carbonyl (C=O) groups is 1. The normalized spacial score (nSPS) is 23.5. The summed E-state index contributed by atoms with van der Waals surface area (Å²) in [5.74, 6) is -0.116. The quantitative estimate of drug-likeness (QED) is 0.857. The van der Waals surface area contributed by atoms with Crippen molar-refractivity contribution in [3.05, 3.63) is 28.2 Å². The number of hydrogen-bond donors (Lipinski definition) is 1. The average Bonchev–Trinajstić information content (AvgIpc) is 2.92. The highest BCUT2D eigenvalue weighted by atomic mass is 16.5. The second-order valence-electron chi connectivity index (χ2n) is 5.89. The minimum atomic E-state index is -0.296. The van der Waals surface area contributed by atoms with Crippen LogP contribution in [0.1, 0.15) is 29.8 Å². The number of rotatable bonds is 3. The molecule has 0 unspecified atom stereocenters. The zero-order valence-electron chi connectivity index (χ0n) is 12.7. The van der Waals surface area contributed by atoms with Crippen LogP contribution in [0.5, 0.6) is 0 Å². The summed E-state index contributed by atoms with van der Waals surface area (Å²) in [6.07, 6.45) is 3.59. The molecule has 1 amide bonds. The van der Waals surface area contributed by atoms with Gasteiger partial charge in [-0.3, -0.25) is 14.5 Å². The number of nitrogens with zero attached hydrogens (tertiary/aromatic N) is 3. The van der Waals surface area contributed by atoms with Gasteiger partial charge in [0, 0.05) is 38.9 Å². The number of aromatic nitrogens is 2. The van der Waals surface area contributed by atoms with Gasteiger partial charge in [0.15, 0.2) is 0 Å². The highest BCUT2D eigenvalue weighted by Gasteiger charge is 2.24. The first kappa shape index (κ1) is 15.2. The van der Waals surface area contributed by atoms with E-state index in [1.807, 2.05) is 4.90 Å². The summed E-state index contributed by atoms with van der Waals surface area (Å²) < 4.78 is 5.69. The van der Waals surface area contributed by atoms with Crippen molar-refractivity contribution in [1.82, 2.24) is 20.0 Å². The van der Waals surface area contributed by atoms with Crippen LogP contribution in [0.3, 0.4) is 0 Å². The van der Waals surface area contributed by atoms with E-state index in [1.54, 1.807) is 0 Å². The van der Waals surface area contributed by atoms with E-state index < -0.39 is 0 Å². The zero-order chi connectivity index (χ0) is 15.4. The molecule has 0 spiro atoms. The fraction of sp³-hybridized carbons (Fsp3) is 0.667. The zero-order valence-corrected chi connectivity index (χ0v) is 12.7. The summed E-state index contributed by atoms with van der Waals surface area (Å²) >= 11 is 0. The van der Waals surface area contributed by atoms with E-state index in [-0.39, 0.29) is 11.5 Å². The smallest absolute Gasteiger partial charge is 0.274 e. The third kappa shape index (κ3) is 3.72. The lowest BCUT2D eigenvalue weighted by atomic mass is 10.2. The summed E-state index contributed by atoms with van der Waals surface area (Å²) in [4.78, 5) is 27.6. The summed E-state index contributed by atoms with van der Waals surface area (Å²) in [6, 6.07) is 2.82. The summed E-state index contributed by atoms with van der Waals surface area (Å²) in [6.45, 7) is 5.09. The first-order valence-electron chi connectivity index (χ1n) is 7.91. The molecule has 3 rings (SSSR count). The van der Waals surface area contributed by atoms with Gasteiger partial charge >= 0.3 is 0 Å². The number of aromatic amines is 1. The summed E-state index contributed by atoms with van der Waals surface area (Å²) in [7, 11) is 0. The van der Waals surface area contributed by atoms with Gasteiger partial charge in [-0.2, -0.15) is 5.10 Å². The monoisotopic (exact) mass is 306 g/mol. The molecule has 2 saturated heterocycles. The molecule has 0 radical (unpaired) electrons. The summed E-state index contributed by atoms with van der Waals surface area (Å²) in [5, 5.41) is 6.14. The molecule has 2 aliphatic rings. The Balaban J connectivity index is 1.56. The Kier molecular flexibility index (Phi) is 4.84. The molecule has 1 aromatic heterocycles. The third-order valence-corrected chi connectivity index (χ3v) is 4.26. The lowest BCUT2D eigenvalue weighted by Gasteiger charge is -2.23. The van der Waals surface area contributed by atoms with Crippen molar-refractivity contribution in [3.63, 3.8) is 0 Å². The molecule has 120 valence electrons. The van der Waals surface area contributed by atoms with Gasteiger partial charge in [-0.1, -0.05) is 0 Å². The largest absolute Gasteiger partial charge is 0.377 e. The van der Waals surface area contributed by atoms with Gasteiger partial charge in [0.1, 0.15) is 5.69 Å². The number of carbonyl (C=O) groups excluding carboxylic acids is 1. The van der Waals surface area contributed by atoms with E-state index in [9.17, 15) is 9.59 Å². The first-order valence-corrected chi connectivity index (χ1v) is 7.91. The molecule has 0 aliphatic carbocycles. The molecule has 22 heavy (non-hydrogen) atoms. The fourth-order valence-corrected chi connectivity index (χ4v) is 3.06. The van der Waals surface area contributed by atoms with Crippen LogP contribution >= 0.6 is 0 Å². The lowest BCUT2D eigenvalue weighted by Crippen LogP contribution is -2.38. The van der Waals surface area contributed by atoms with E-state index in [4.69, 9.17) is 4.74 Å². The van der Waals surface area contributed by atoms with E-state index in [0.29, 0.717) is 18.3 Å². The minimum Gasteiger partial charge on any atom is -0.377 e. The number of hydrogen-bond acceptors (Lipinski definition) is 5. The van der Waals surface area contributed by atoms with Crippen LogP contribution < -0.4 is 5.56 Å². The maximum Gasteiger partial charge on any atom is 0.274 e. The topological polar surface area (TPSA) is 78.5 Å². The van der Waals surface area contributed by atoms with Gasteiger partial charge in [0.05, 0.1) is 6.10 Å². The molecule has 1 atom stereocenters. The molecule has 1 N–H and O–H groups in total. The van der Waals surface area contributed by atoms with E-state index in [1.165, 1.54) is 12.1 Å². The second-order valence-corrected chi connectivity index (χ2v) is 5.89. The molecular weight excluding hydrogens is 284 g/mol. The Labute approximate surface area is 129 Å². The number of ether oxygens (including phenoxy) is 1. The average molecular weight is 306 g/mol. The van der Waals surface area contributed by atoms with Crippen LogP contribution in [-0.4, -0.2) is 71.3 Å². The number of nitrogens with one attached hydrogen (secondary N) is 1. The molecule has 2 fully saturated rings. The second kappa shape index (κ2) is 7.02. The molecule has 3 heterocycles. The maximum absolute atomic E-state index is 12.4. The fourth-order valence-electron chi connectivity index (χ4n) is 3.06. The van der Waals surface area contributed by atoms with Crippen LogP contribution in [0.2, 0.25) is 0 Å². The highest BCUT2D eigenvalue weighted by molar-refractivity contribution is 5.92.